The van der Waals surface area contributed by atoms with Gasteiger partial charge in [-0.2, -0.15) is 0 Å². The zero-order valence-electron chi connectivity index (χ0n) is 15.0. The highest BCUT2D eigenvalue weighted by Gasteiger charge is 2.08. The van der Waals surface area contributed by atoms with Gasteiger partial charge in [0.25, 0.3) is 0 Å². The molecule has 1 heterocycles. The van der Waals surface area contributed by atoms with Gasteiger partial charge in [-0.25, -0.2) is 0 Å². The van der Waals surface area contributed by atoms with Crippen LogP contribution < -0.4 is 16.0 Å². The maximum Gasteiger partial charge on any atom is 0.248 e. The molecule has 0 aliphatic heterocycles. The number of H-pyrrole nitrogens is 1. The molecular formula is C23H18N2O3. The molecule has 0 fully saturated rings. The average molecular weight is 370 g/mol. The highest BCUT2D eigenvalue weighted by Crippen LogP contribution is 2.32. The number of ether oxygens (including phenoxy) is 1. The van der Waals surface area contributed by atoms with Crippen molar-refractivity contribution in [1.82, 2.24) is 4.98 Å². The Balaban J connectivity index is 1.66. The first-order chi connectivity index (χ1) is 13.6. The topological polar surface area (TPSA) is 85.2 Å². The molecule has 1 aromatic heterocycles. The van der Waals surface area contributed by atoms with Crippen molar-refractivity contribution in [3.05, 3.63) is 100 Å². The van der Waals surface area contributed by atoms with Gasteiger partial charge in [-0.05, 0) is 57.8 Å². The summed E-state index contributed by atoms with van der Waals surface area (Å²) in [6.07, 6.45) is 1.70. The van der Waals surface area contributed by atoms with Crippen molar-refractivity contribution in [2.45, 2.75) is 6.61 Å². The minimum Gasteiger partial charge on any atom is -0.489 e. The van der Waals surface area contributed by atoms with E-state index in [0.29, 0.717) is 12.2 Å². The molecule has 5 nitrogen and oxygen atoms in total. The van der Waals surface area contributed by atoms with Crippen molar-refractivity contribution in [2.24, 2.45) is 5.73 Å². The fraction of sp³-hybridized carbons (Fsp3) is 0.0435. The first kappa shape index (κ1) is 17.5. The van der Waals surface area contributed by atoms with Crippen LogP contribution in [0.3, 0.4) is 0 Å². The number of amides is 1. The molecule has 28 heavy (non-hydrogen) atoms. The minimum absolute atomic E-state index is 0.139. The highest BCUT2D eigenvalue weighted by atomic mass is 16.5. The van der Waals surface area contributed by atoms with Crippen LogP contribution >= 0.6 is 0 Å². The monoisotopic (exact) mass is 370 g/mol. The molecule has 0 bridgehead atoms. The molecule has 0 aliphatic rings. The fourth-order valence-electron chi connectivity index (χ4n) is 3.12. The second-order valence-corrected chi connectivity index (χ2v) is 6.48. The van der Waals surface area contributed by atoms with Gasteiger partial charge in [-0.3, -0.25) is 9.59 Å². The Bertz CT molecular complexity index is 1190. The van der Waals surface area contributed by atoms with E-state index in [4.69, 9.17) is 10.5 Å². The largest absolute Gasteiger partial charge is 0.489 e. The summed E-state index contributed by atoms with van der Waals surface area (Å²) in [7, 11) is 0. The highest BCUT2D eigenvalue weighted by molar-refractivity contribution is 5.97. The van der Waals surface area contributed by atoms with E-state index >= 15 is 0 Å². The lowest BCUT2D eigenvalue weighted by Gasteiger charge is -2.12. The smallest absolute Gasteiger partial charge is 0.248 e. The standard InChI is InChI=1S/C23H18N2O3/c24-23(27)16-7-5-15(6-8-16)14-28-19-11-17-3-1-2-4-20(17)21(12-19)18-9-10-22(26)25-13-18/h1-13H,14H2,(H2,24,27)(H,25,26). The molecule has 0 aliphatic carbocycles. The van der Waals surface area contributed by atoms with Crippen LogP contribution in [0.15, 0.2) is 83.8 Å². The summed E-state index contributed by atoms with van der Waals surface area (Å²) in [4.78, 5) is 25.3. The summed E-state index contributed by atoms with van der Waals surface area (Å²) in [5.41, 5.74) is 8.42. The van der Waals surface area contributed by atoms with E-state index in [1.807, 2.05) is 48.5 Å². The molecule has 0 saturated carbocycles. The van der Waals surface area contributed by atoms with Gasteiger partial charge in [-0.1, -0.05) is 36.4 Å². The Labute approximate surface area is 161 Å². The lowest BCUT2D eigenvalue weighted by atomic mass is 9.99. The van der Waals surface area contributed by atoms with Crippen LogP contribution in [0.25, 0.3) is 21.9 Å². The van der Waals surface area contributed by atoms with E-state index in [9.17, 15) is 9.59 Å². The quantitative estimate of drug-likeness (QED) is 0.559. The van der Waals surface area contributed by atoms with Crippen LogP contribution in [0, 0.1) is 0 Å². The number of aromatic nitrogens is 1. The number of hydrogen-bond acceptors (Lipinski definition) is 3. The van der Waals surface area contributed by atoms with Crippen LogP contribution in [-0.2, 0) is 6.61 Å². The number of carbonyl (C=O) groups is 1. The molecule has 5 heteroatoms. The summed E-state index contributed by atoms with van der Waals surface area (Å²) in [5, 5.41) is 2.12. The molecule has 0 radical (unpaired) electrons. The molecule has 1 amide bonds. The van der Waals surface area contributed by atoms with Gasteiger partial charge in [0, 0.05) is 17.8 Å². The molecule has 138 valence electrons. The number of rotatable bonds is 5. The SMILES string of the molecule is NC(=O)c1ccc(COc2cc(-c3ccc(=O)[nH]c3)c3ccccc3c2)cc1. The van der Waals surface area contributed by atoms with Gasteiger partial charge in [0.2, 0.25) is 11.5 Å². The number of primary amides is 1. The molecular weight excluding hydrogens is 352 g/mol. The zero-order chi connectivity index (χ0) is 19.5. The maximum atomic E-state index is 11.4. The average Bonchev–Trinajstić information content (AvgIpc) is 2.72. The van der Waals surface area contributed by atoms with E-state index in [1.165, 1.54) is 6.07 Å². The molecule has 4 aromatic rings. The van der Waals surface area contributed by atoms with E-state index in [1.54, 1.807) is 24.4 Å². The third-order valence-corrected chi connectivity index (χ3v) is 4.57. The molecule has 3 aromatic carbocycles. The van der Waals surface area contributed by atoms with Crippen molar-refractivity contribution in [3.8, 4) is 16.9 Å². The minimum atomic E-state index is -0.451. The summed E-state index contributed by atoms with van der Waals surface area (Å²) in [6.45, 7) is 0.364. The summed E-state index contributed by atoms with van der Waals surface area (Å²) in [6, 6.07) is 22.3. The number of pyridine rings is 1. The summed E-state index contributed by atoms with van der Waals surface area (Å²) < 4.78 is 6.00. The van der Waals surface area contributed by atoms with Gasteiger partial charge in [0.05, 0.1) is 0 Å². The normalized spacial score (nSPS) is 10.7. The Morgan fingerprint density at radius 3 is 2.46 bits per heavy atom. The summed E-state index contributed by atoms with van der Waals surface area (Å²) in [5.74, 6) is 0.270. The molecule has 4 rings (SSSR count). The van der Waals surface area contributed by atoms with Crippen LogP contribution in [0.2, 0.25) is 0 Å². The lowest BCUT2D eigenvalue weighted by Crippen LogP contribution is -2.10. The number of nitrogens with two attached hydrogens (primary N) is 1. The zero-order valence-corrected chi connectivity index (χ0v) is 15.0. The predicted molar refractivity (Wildman–Crippen MR) is 109 cm³/mol. The van der Waals surface area contributed by atoms with Gasteiger partial charge in [0.1, 0.15) is 12.4 Å². The van der Waals surface area contributed by atoms with Crippen molar-refractivity contribution >= 4 is 16.7 Å². The second-order valence-electron chi connectivity index (χ2n) is 6.48. The number of fused-ring (bicyclic) bond motifs is 1. The molecule has 0 unspecified atom stereocenters. The van der Waals surface area contributed by atoms with Crippen LogP contribution in [-0.4, -0.2) is 10.9 Å². The molecule has 0 saturated heterocycles. The molecule has 3 N–H and O–H groups in total. The Morgan fingerprint density at radius 2 is 1.75 bits per heavy atom. The number of carbonyl (C=O) groups excluding carboxylic acids is 1. The van der Waals surface area contributed by atoms with Gasteiger partial charge >= 0.3 is 0 Å². The Kier molecular flexibility index (Phi) is 4.64. The van der Waals surface area contributed by atoms with E-state index in [0.717, 1.165) is 33.2 Å². The summed E-state index contributed by atoms with van der Waals surface area (Å²) >= 11 is 0. The molecule has 0 spiro atoms. The van der Waals surface area contributed by atoms with Crippen molar-refractivity contribution in [3.63, 3.8) is 0 Å². The van der Waals surface area contributed by atoms with Crippen molar-refractivity contribution in [1.29, 1.82) is 0 Å². The number of hydrogen-bond donors (Lipinski definition) is 2. The second kappa shape index (κ2) is 7.40. The number of aromatic amines is 1. The lowest BCUT2D eigenvalue weighted by molar-refractivity contribution is 0.1000. The van der Waals surface area contributed by atoms with Crippen LogP contribution in [0.5, 0.6) is 5.75 Å². The van der Waals surface area contributed by atoms with E-state index in [2.05, 4.69) is 4.98 Å². The fourth-order valence-corrected chi connectivity index (χ4v) is 3.12. The first-order valence-corrected chi connectivity index (χ1v) is 8.83. The van der Waals surface area contributed by atoms with Gasteiger partial charge in [0.15, 0.2) is 0 Å². The van der Waals surface area contributed by atoms with E-state index in [-0.39, 0.29) is 5.56 Å². The van der Waals surface area contributed by atoms with Crippen molar-refractivity contribution in [2.75, 3.05) is 0 Å². The maximum absolute atomic E-state index is 11.4. The van der Waals surface area contributed by atoms with Gasteiger partial charge in [-0.15, -0.1) is 0 Å². The van der Waals surface area contributed by atoms with Gasteiger partial charge < -0.3 is 15.5 Å². The van der Waals surface area contributed by atoms with Crippen LogP contribution in [0.1, 0.15) is 15.9 Å². The third-order valence-electron chi connectivity index (χ3n) is 4.57. The Hall–Kier alpha value is -3.86. The molecule has 0 atom stereocenters. The van der Waals surface area contributed by atoms with Crippen molar-refractivity contribution < 1.29 is 9.53 Å². The third kappa shape index (κ3) is 3.64. The van der Waals surface area contributed by atoms with E-state index < -0.39 is 5.91 Å². The Morgan fingerprint density at radius 1 is 0.964 bits per heavy atom. The first-order valence-electron chi connectivity index (χ1n) is 8.83. The number of benzene rings is 3. The number of nitrogens with one attached hydrogen (secondary N) is 1. The van der Waals surface area contributed by atoms with Crippen LogP contribution in [0.4, 0.5) is 0 Å². The predicted octanol–water partition coefficient (Wildman–Crippen LogP) is 3.87.